The van der Waals surface area contributed by atoms with E-state index in [1.807, 2.05) is 6.92 Å². The van der Waals surface area contributed by atoms with Gasteiger partial charge in [0, 0.05) is 25.5 Å². The standard InChI is InChI=1S/C12H23NO2/c1-3-15-10-7-12(14,8-10)11-6-9(2)4-5-13-11/h9-11,13-14H,3-8H2,1-2H3. The van der Waals surface area contributed by atoms with E-state index in [2.05, 4.69) is 12.2 Å². The second-order valence-corrected chi connectivity index (χ2v) is 5.23. The van der Waals surface area contributed by atoms with Crippen LogP contribution in [0.15, 0.2) is 0 Å². The Morgan fingerprint density at radius 1 is 1.47 bits per heavy atom. The van der Waals surface area contributed by atoms with Crippen LogP contribution in [-0.4, -0.2) is 36.0 Å². The highest BCUT2D eigenvalue weighted by Crippen LogP contribution is 2.40. The van der Waals surface area contributed by atoms with Crippen LogP contribution in [0.1, 0.15) is 39.5 Å². The second-order valence-electron chi connectivity index (χ2n) is 5.23. The third-order valence-corrected chi connectivity index (χ3v) is 3.88. The zero-order valence-electron chi connectivity index (χ0n) is 9.83. The molecule has 2 atom stereocenters. The van der Waals surface area contributed by atoms with Crippen molar-refractivity contribution in [3.8, 4) is 0 Å². The molecule has 2 aliphatic rings. The van der Waals surface area contributed by atoms with Crippen molar-refractivity contribution < 1.29 is 9.84 Å². The smallest absolute Gasteiger partial charge is 0.0849 e. The summed E-state index contributed by atoms with van der Waals surface area (Å²) >= 11 is 0. The maximum Gasteiger partial charge on any atom is 0.0849 e. The van der Waals surface area contributed by atoms with Gasteiger partial charge in [-0.1, -0.05) is 6.92 Å². The molecule has 15 heavy (non-hydrogen) atoms. The highest BCUT2D eigenvalue weighted by atomic mass is 16.5. The monoisotopic (exact) mass is 213 g/mol. The van der Waals surface area contributed by atoms with Gasteiger partial charge in [0.15, 0.2) is 0 Å². The van der Waals surface area contributed by atoms with Gasteiger partial charge in [-0.25, -0.2) is 0 Å². The first-order chi connectivity index (χ1) is 7.14. The molecule has 0 aromatic rings. The first kappa shape index (κ1) is 11.4. The molecule has 88 valence electrons. The molecule has 2 unspecified atom stereocenters. The Balaban J connectivity index is 1.83. The van der Waals surface area contributed by atoms with Gasteiger partial charge >= 0.3 is 0 Å². The Labute approximate surface area is 92.2 Å². The molecule has 0 spiro atoms. The maximum atomic E-state index is 10.4. The Kier molecular flexibility index (Phi) is 3.33. The molecule has 3 heteroatoms. The van der Waals surface area contributed by atoms with Gasteiger partial charge in [0.05, 0.1) is 11.7 Å². The minimum absolute atomic E-state index is 0.290. The molecule has 0 aromatic heterocycles. The van der Waals surface area contributed by atoms with Crippen LogP contribution in [-0.2, 0) is 4.74 Å². The summed E-state index contributed by atoms with van der Waals surface area (Å²) in [6.07, 6.45) is 4.26. The first-order valence-corrected chi connectivity index (χ1v) is 6.21. The van der Waals surface area contributed by atoms with Crippen molar-refractivity contribution in [2.75, 3.05) is 13.2 Å². The third-order valence-electron chi connectivity index (χ3n) is 3.88. The van der Waals surface area contributed by atoms with Gasteiger partial charge in [0.1, 0.15) is 0 Å². The first-order valence-electron chi connectivity index (χ1n) is 6.21. The van der Waals surface area contributed by atoms with Crippen LogP contribution < -0.4 is 5.32 Å². The van der Waals surface area contributed by atoms with Gasteiger partial charge in [-0.05, 0) is 32.2 Å². The van der Waals surface area contributed by atoms with E-state index in [1.165, 1.54) is 6.42 Å². The molecule has 3 nitrogen and oxygen atoms in total. The number of rotatable bonds is 3. The third kappa shape index (κ3) is 2.35. The van der Waals surface area contributed by atoms with Crippen molar-refractivity contribution in [1.82, 2.24) is 5.32 Å². The van der Waals surface area contributed by atoms with Crippen molar-refractivity contribution in [2.45, 2.75) is 57.3 Å². The summed E-state index contributed by atoms with van der Waals surface area (Å²) in [5, 5.41) is 13.9. The van der Waals surface area contributed by atoms with E-state index in [9.17, 15) is 5.11 Å². The molecular weight excluding hydrogens is 190 g/mol. The Morgan fingerprint density at radius 2 is 2.20 bits per heavy atom. The lowest BCUT2D eigenvalue weighted by Gasteiger charge is -2.50. The Morgan fingerprint density at radius 3 is 2.80 bits per heavy atom. The van der Waals surface area contributed by atoms with E-state index in [0.717, 1.165) is 38.3 Å². The highest BCUT2D eigenvalue weighted by molar-refractivity contribution is 5.04. The molecule has 1 heterocycles. The van der Waals surface area contributed by atoms with Crippen molar-refractivity contribution >= 4 is 0 Å². The summed E-state index contributed by atoms with van der Waals surface area (Å²) in [7, 11) is 0. The number of hydrogen-bond acceptors (Lipinski definition) is 3. The van der Waals surface area contributed by atoms with Crippen molar-refractivity contribution in [2.24, 2.45) is 5.92 Å². The lowest BCUT2D eigenvalue weighted by Crippen LogP contribution is -2.62. The van der Waals surface area contributed by atoms with E-state index in [-0.39, 0.29) is 6.04 Å². The van der Waals surface area contributed by atoms with Gasteiger partial charge in [-0.2, -0.15) is 0 Å². The summed E-state index contributed by atoms with van der Waals surface area (Å²) in [6, 6.07) is 0.290. The molecule has 1 saturated heterocycles. The van der Waals surface area contributed by atoms with E-state index < -0.39 is 5.60 Å². The number of ether oxygens (including phenoxy) is 1. The van der Waals surface area contributed by atoms with E-state index in [0.29, 0.717) is 6.10 Å². The summed E-state index contributed by atoms with van der Waals surface area (Å²) in [4.78, 5) is 0. The Bertz CT molecular complexity index is 214. The molecule has 1 saturated carbocycles. The maximum absolute atomic E-state index is 10.4. The molecule has 1 aliphatic heterocycles. The summed E-state index contributed by atoms with van der Waals surface area (Å²) in [5.41, 5.74) is -0.492. The fourth-order valence-electron chi connectivity index (χ4n) is 2.88. The molecule has 2 rings (SSSR count). The summed E-state index contributed by atoms with van der Waals surface area (Å²) in [6.45, 7) is 6.09. The normalized spacial score (nSPS) is 46.2. The van der Waals surface area contributed by atoms with Crippen LogP contribution in [0, 0.1) is 5.92 Å². The predicted octanol–water partition coefficient (Wildman–Crippen LogP) is 1.30. The van der Waals surface area contributed by atoms with E-state index in [1.54, 1.807) is 0 Å². The fourth-order valence-corrected chi connectivity index (χ4v) is 2.88. The quantitative estimate of drug-likeness (QED) is 0.742. The van der Waals surface area contributed by atoms with E-state index >= 15 is 0 Å². The lowest BCUT2D eigenvalue weighted by atomic mass is 9.69. The minimum Gasteiger partial charge on any atom is -0.388 e. The van der Waals surface area contributed by atoms with Crippen molar-refractivity contribution in [3.05, 3.63) is 0 Å². The number of piperidine rings is 1. The molecule has 0 amide bonds. The van der Waals surface area contributed by atoms with Gasteiger partial charge in [0.2, 0.25) is 0 Å². The number of nitrogens with one attached hydrogen (secondary N) is 1. The van der Waals surface area contributed by atoms with Gasteiger partial charge in [0.25, 0.3) is 0 Å². The SMILES string of the molecule is CCOC1CC(O)(C2CC(C)CCN2)C1. The number of hydrogen-bond donors (Lipinski definition) is 2. The van der Waals surface area contributed by atoms with E-state index in [4.69, 9.17) is 4.74 Å². The summed E-state index contributed by atoms with van der Waals surface area (Å²) < 4.78 is 5.50. The topological polar surface area (TPSA) is 41.5 Å². The average molecular weight is 213 g/mol. The van der Waals surface area contributed by atoms with Crippen LogP contribution in [0.25, 0.3) is 0 Å². The van der Waals surface area contributed by atoms with Crippen LogP contribution in [0.4, 0.5) is 0 Å². The fraction of sp³-hybridized carbons (Fsp3) is 1.00. The molecule has 0 radical (unpaired) electrons. The van der Waals surface area contributed by atoms with Crippen molar-refractivity contribution in [3.63, 3.8) is 0 Å². The van der Waals surface area contributed by atoms with Gasteiger partial charge in [-0.3, -0.25) is 0 Å². The Hall–Kier alpha value is -0.120. The summed E-state index contributed by atoms with van der Waals surface area (Å²) in [5.74, 6) is 0.742. The zero-order valence-corrected chi connectivity index (χ0v) is 9.83. The van der Waals surface area contributed by atoms with Crippen LogP contribution in [0.3, 0.4) is 0 Å². The molecule has 2 N–H and O–H groups in total. The highest BCUT2D eigenvalue weighted by Gasteiger charge is 2.49. The molecule has 1 aliphatic carbocycles. The number of aliphatic hydroxyl groups is 1. The van der Waals surface area contributed by atoms with Crippen LogP contribution in [0.5, 0.6) is 0 Å². The molecule has 0 aromatic carbocycles. The lowest BCUT2D eigenvalue weighted by molar-refractivity contribution is -0.159. The van der Waals surface area contributed by atoms with Crippen LogP contribution in [0.2, 0.25) is 0 Å². The second kappa shape index (κ2) is 4.40. The van der Waals surface area contributed by atoms with Gasteiger partial charge in [-0.15, -0.1) is 0 Å². The molecular formula is C12H23NO2. The minimum atomic E-state index is -0.492. The largest absolute Gasteiger partial charge is 0.388 e. The average Bonchev–Trinajstić information content (AvgIpc) is 2.15. The molecule has 2 fully saturated rings. The predicted molar refractivity (Wildman–Crippen MR) is 59.8 cm³/mol. The zero-order chi connectivity index (χ0) is 10.9. The van der Waals surface area contributed by atoms with Crippen LogP contribution >= 0.6 is 0 Å². The molecule has 0 bridgehead atoms. The van der Waals surface area contributed by atoms with Gasteiger partial charge < -0.3 is 15.2 Å². The van der Waals surface area contributed by atoms with Crippen molar-refractivity contribution in [1.29, 1.82) is 0 Å².